The third kappa shape index (κ3) is 2.57. The smallest absolute Gasteiger partial charge is 0.164 e. The Morgan fingerprint density at radius 3 is 2.53 bits per heavy atom. The molecule has 0 aromatic rings. The van der Waals surface area contributed by atoms with Gasteiger partial charge in [0.05, 0.1) is 0 Å². The standard InChI is InChI=1S/C13H26N2O2S2/c1-12(2)5-4-6-13(12,10-14)15-7-8-18-9-11(15)19(3,16)17/h11H,4-10,14H2,1-3H3. The van der Waals surface area contributed by atoms with E-state index in [1.54, 1.807) is 11.8 Å². The Balaban J connectivity index is 2.41. The maximum Gasteiger partial charge on any atom is 0.164 e. The molecule has 2 fully saturated rings. The maximum atomic E-state index is 12.1. The van der Waals surface area contributed by atoms with Crippen LogP contribution in [-0.2, 0) is 9.84 Å². The van der Waals surface area contributed by atoms with E-state index in [4.69, 9.17) is 5.73 Å². The van der Waals surface area contributed by atoms with Crippen LogP contribution in [0.3, 0.4) is 0 Å². The molecule has 4 nitrogen and oxygen atoms in total. The lowest BCUT2D eigenvalue weighted by Crippen LogP contribution is -2.66. The van der Waals surface area contributed by atoms with E-state index in [0.29, 0.717) is 12.3 Å². The maximum absolute atomic E-state index is 12.1. The van der Waals surface area contributed by atoms with Gasteiger partial charge in [-0.05, 0) is 18.3 Å². The third-order valence-corrected chi connectivity index (χ3v) is 7.76. The van der Waals surface area contributed by atoms with Gasteiger partial charge in [0.25, 0.3) is 0 Å². The molecule has 19 heavy (non-hydrogen) atoms. The van der Waals surface area contributed by atoms with Crippen LogP contribution in [0.2, 0.25) is 0 Å². The van der Waals surface area contributed by atoms with Crippen LogP contribution in [0.4, 0.5) is 0 Å². The summed E-state index contributed by atoms with van der Waals surface area (Å²) in [6, 6.07) is 0. The van der Waals surface area contributed by atoms with E-state index < -0.39 is 9.84 Å². The average molecular weight is 306 g/mol. The summed E-state index contributed by atoms with van der Waals surface area (Å²) in [6.07, 6.45) is 4.66. The molecule has 0 radical (unpaired) electrons. The molecular formula is C13H26N2O2S2. The normalized spacial score (nSPS) is 36.5. The number of sulfone groups is 1. The van der Waals surface area contributed by atoms with Gasteiger partial charge < -0.3 is 5.73 Å². The Morgan fingerprint density at radius 2 is 2.05 bits per heavy atom. The topological polar surface area (TPSA) is 63.4 Å². The Kier molecular flexibility index (Phi) is 4.27. The first-order valence-corrected chi connectivity index (χ1v) is 10.1. The first-order valence-electron chi connectivity index (χ1n) is 6.98. The zero-order chi connectivity index (χ0) is 14.3. The molecule has 1 saturated carbocycles. The van der Waals surface area contributed by atoms with Crippen molar-refractivity contribution < 1.29 is 8.42 Å². The van der Waals surface area contributed by atoms with Crippen LogP contribution in [0.15, 0.2) is 0 Å². The molecule has 1 heterocycles. The Labute approximate surface area is 121 Å². The molecule has 1 saturated heterocycles. The van der Waals surface area contributed by atoms with Crippen molar-refractivity contribution in [1.82, 2.24) is 4.90 Å². The van der Waals surface area contributed by atoms with Gasteiger partial charge in [-0.1, -0.05) is 20.3 Å². The largest absolute Gasteiger partial charge is 0.329 e. The van der Waals surface area contributed by atoms with E-state index >= 15 is 0 Å². The first-order chi connectivity index (χ1) is 8.74. The quantitative estimate of drug-likeness (QED) is 0.852. The van der Waals surface area contributed by atoms with E-state index in [0.717, 1.165) is 31.6 Å². The monoisotopic (exact) mass is 306 g/mol. The summed E-state index contributed by atoms with van der Waals surface area (Å²) in [4.78, 5) is 2.23. The lowest BCUT2D eigenvalue weighted by Gasteiger charge is -2.53. The average Bonchev–Trinajstić information content (AvgIpc) is 2.64. The van der Waals surface area contributed by atoms with Crippen molar-refractivity contribution in [1.29, 1.82) is 0 Å². The second kappa shape index (κ2) is 5.20. The van der Waals surface area contributed by atoms with E-state index in [-0.39, 0.29) is 16.3 Å². The Hall–Kier alpha value is 0.220. The molecule has 0 aromatic carbocycles. The van der Waals surface area contributed by atoms with Crippen LogP contribution in [-0.4, -0.2) is 55.1 Å². The van der Waals surface area contributed by atoms with Crippen LogP contribution >= 0.6 is 11.8 Å². The molecule has 2 rings (SSSR count). The summed E-state index contributed by atoms with van der Waals surface area (Å²) in [5.41, 5.74) is 6.08. The summed E-state index contributed by atoms with van der Waals surface area (Å²) < 4.78 is 24.3. The van der Waals surface area contributed by atoms with Crippen molar-refractivity contribution in [3.05, 3.63) is 0 Å². The molecule has 0 aromatic heterocycles. The van der Waals surface area contributed by atoms with Gasteiger partial charge in [0.2, 0.25) is 0 Å². The molecular weight excluding hydrogens is 280 g/mol. The number of rotatable bonds is 3. The molecule has 2 atom stereocenters. The fourth-order valence-corrected chi connectivity index (χ4v) is 6.77. The van der Waals surface area contributed by atoms with Gasteiger partial charge >= 0.3 is 0 Å². The first kappa shape index (κ1) is 15.6. The van der Waals surface area contributed by atoms with E-state index in [1.165, 1.54) is 6.26 Å². The molecule has 2 unspecified atom stereocenters. The molecule has 1 aliphatic carbocycles. The SMILES string of the molecule is CC1(C)CCCC1(CN)N1CCSCC1S(C)(=O)=O. The molecule has 6 heteroatoms. The summed E-state index contributed by atoms with van der Waals surface area (Å²) in [7, 11) is -3.06. The van der Waals surface area contributed by atoms with Gasteiger partial charge in [0.1, 0.15) is 5.37 Å². The van der Waals surface area contributed by atoms with Crippen molar-refractivity contribution in [3.63, 3.8) is 0 Å². The number of thioether (sulfide) groups is 1. The third-order valence-electron chi connectivity index (χ3n) is 5.12. The molecule has 0 spiro atoms. The van der Waals surface area contributed by atoms with E-state index in [9.17, 15) is 8.42 Å². The highest BCUT2D eigenvalue weighted by Crippen LogP contribution is 2.50. The molecule has 112 valence electrons. The predicted octanol–water partition coefficient (Wildman–Crippen LogP) is 1.31. The van der Waals surface area contributed by atoms with Gasteiger partial charge in [0, 0.05) is 36.4 Å². The minimum absolute atomic E-state index is 0.0900. The number of nitrogens with zero attached hydrogens (tertiary/aromatic N) is 1. The molecule has 0 bridgehead atoms. The summed E-state index contributed by atoms with van der Waals surface area (Å²) in [5.74, 6) is 1.68. The Morgan fingerprint density at radius 1 is 1.37 bits per heavy atom. The van der Waals surface area contributed by atoms with Crippen LogP contribution in [0.5, 0.6) is 0 Å². The van der Waals surface area contributed by atoms with Crippen molar-refractivity contribution in [2.45, 2.75) is 44.0 Å². The van der Waals surface area contributed by atoms with E-state index in [2.05, 4.69) is 18.7 Å². The second-order valence-electron chi connectivity index (χ2n) is 6.53. The summed E-state index contributed by atoms with van der Waals surface area (Å²) in [5, 5.41) is -0.368. The fourth-order valence-electron chi connectivity index (χ4n) is 3.85. The van der Waals surface area contributed by atoms with Crippen LogP contribution < -0.4 is 5.73 Å². The van der Waals surface area contributed by atoms with E-state index in [1.807, 2.05) is 0 Å². The fraction of sp³-hybridized carbons (Fsp3) is 1.00. The highest BCUT2D eigenvalue weighted by atomic mass is 32.2. The van der Waals surface area contributed by atoms with Crippen molar-refractivity contribution in [2.24, 2.45) is 11.1 Å². The van der Waals surface area contributed by atoms with Crippen molar-refractivity contribution >= 4 is 21.6 Å². The zero-order valence-electron chi connectivity index (χ0n) is 12.2. The molecule has 2 aliphatic rings. The minimum Gasteiger partial charge on any atom is -0.329 e. The van der Waals surface area contributed by atoms with Gasteiger partial charge in [-0.15, -0.1) is 0 Å². The molecule has 1 aliphatic heterocycles. The summed E-state index contributed by atoms with van der Waals surface area (Å²) in [6.45, 7) is 5.88. The highest BCUT2D eigenvalue weighted by molar-refractivity contribution is 8.00. The highest BCUT2D eigenvalue weighted by Gasteiger charge is 2.55. The van der Waals surface area contributed by atoms with Gasteiger partial charge in [-0.2, -0.15) is 11.8 Å². The molecule has 2 N–H and O–H groups in total. The number of hydrogen-bond donors (Lipinski definition) is 1. The Bertz CT molecular complexity index is 436. The molecule has 0 amide bonds. The predicted molar refractivity (Wildman–Crippen MR) is 82.1 cm³/mol. The van der Waals surface area contributed by atoms with Crippen molar-refractivity contribution in [3.8, 4) is 0 Å². The lowest BCUT2D eigenvalue weighted by atomic mass is 9.73. The minimum atomic E-state index is -3.06. The number of nitrogens with two attached hydrogens (primary N) is 1. The second-order valence-corrected chi connectivity index (χ2v) is 9.88. The van der Waals surface area contributed by atoms with Crippen LogP contribution in [0.25, 0.3) is 0 Å². The lowest BCUT2D eigenvalue weighted by molar-refractivity contribution is 0.00938. The van der Waals surface area contributed by atoms with Gasteiger partial charge in [0.15, 0.2) is 9.84 Å². The van der Waals surface area contributed by atoms with Crippen LogP contribution in [0.1, 0.15) is 33.1 Å². The van der Waals surface area contributed by atoms with Crippen LogP contribution in [0, 0.1) is 5.41 Å². The van der Waals surface area contributed by atoms with Crippen molar-refractivity contribution in [2.75, 3.05) is 30.9 Å². The summed E-state index contributed by atoms with van der Waals surface area (Å²) >= 11 is 1.74. The van der Waals surface area contributed by atoms with Gasteiger partial charge in [-0.3, -0.25) is 4.90 Å². The zero-order valence-corrected chi connectivity index (χ0v) is 13.8. The number of hydrogen-bond acceptors (Lipinski definition) is 5. The van der Waals surface area contributed by atoms with Gasteiger partial charge in [-0.25, -0.2) is 8.42 Å².